The third-order valence-corrected chi connectivity index (χ3v) is 15.3. The third kappa shape index (κ3) is 8.12. The quantitative estimate of drug-likeness (QED) is 0.126. The average Bonchev–Trinajstić information content (AvgIpc) is 3.91. The minimum Gasteiger partial charge on any atom is -0.497 e. The molecular weight excluding hydrogens is 769 g/mol. The maximum Gasteiger partial charge on any atom is 0.183 e. The van der Waals surface area contributed by atoms with Crippen LogP contribution in [-0.2, 0) is 19.3 Å². The number of hydrogen-bond acceptors (Lipinski definition) is 10. The van der Waals surface area contributed by atoms with Crippen molar-refractivity contribution in [2.24, 2.45) is 11.8 Å². The van der Waals surface area contributed by atoms with Gasteiger partial charge in [-0.2, -0.15) is 0 Å². The molecule has 0 aliphatic carbocycles. The number of piperidine rings is 2. The highest BCUT2D eigenvalue weighted by Gasteiger charge is 2.35. The Morgan fingerprint density at radius 2 is 1.05 bits per heavy atom. The van der Waals surface area contributed by atoms with E-state index in [1.165, 1.54) is 44.8 Å². The van der Waals surface area contributed by atoms with E-state index >= 15 is 0 Å². The smallest absolute Gasteiger partial charge is 0.183 e. The molecule has 4 aliphatic heterocycles. The number of nitrogens with one attached hydrogen (secondary N) is 2. The molecule has 59 heavy (non-hydrogen) atoms. The molecule has 4 atom stereocenters. The largest absolute Gasteiger partial charge is 0.497 e. The molecule has 10 heteroatoms. The van der Waals surface area contributed by atoms with E-state index in [-0.39, 0.29) is 0 Å². The first-order valence-corrected chi connectivity index (χ1v) is 23.1. The summed E-state index contributed by atoms with van der Waals surface area (Å²) >= 11 is 3.62. The van der Waals surface area contributed by atoms with Gasteiger partial charge >= 0.3 is 0 Å². The van der Waals surface area contributed by atoms with Crippen molar-refractivity contribution in [2.75, 3.05) is 64.1 Å². The monoisotopic (exact) mass is 822 g/mol. The molecule has 0 amide bonds. The highest BCUT2D eigenvalue weighted by molar-refractivity contribution is 7.17. The average molecular weight is 823 g/mol. The van der Waals surface area contributed by atoms with Crippen LogP contribution in [0.2, 0.25) is 0 Å². The zero-order valence-corrected chi connectivity index (χ0v) is 35.8. The Labute approximate surface area is 356 Å². The van der Waals surface area contributed by atoms with Crippen molar-refractivity contribution in [2.45, 2.75) is 57.0 Å². The molecule has 0 unspecified atom stereocenters. The first-order valence-electron chi connectivity index (χ1n) is 21.5. The molecule has 2 fully saturated rings. The van der Waals surface area contributed by atoms with Crippen LogP contribution in [0.5, 0.6) is 11.5 Å². The maximum atomic E-state index is 5.56. The zero-order valence-electron chi connectivity index (χ0n) is 34.2. The van der Waals surface area contributed by atoms with E-state index in [2.05, 4.69) is 117 Å². The molecule has 0 bridgehead atoms. The minimum atomic E-state index is 0.476. The van der Waals surface area contributed by atoms with Gasteiger partial charge in [0.2, 0.25) is 0 Å². The van der Waals surface area contributed by atoms with Crippen molar-refractivity contribution in [1.29, 1.82) is 0 Å². The fourth-order valence-electron chi connectivity index (χ4n) is 10.1. The van der Waals surface area contributed by atoms with Crippen molar-refractivity contribution in [3.05, 3.63) is 129 Å². The Bertz CT molecular complexity index is 2220. The number of hydrogen-bond donors (Lipinski definition) is 2. The zero-order chi connectivity index (χ0) is 39.7. The van der Waals surface area contributed by atoms with Crippen LogP contribution in [-0.4, -0.2) is 73.3 Å². The van der Waals surface area contributed by atoms with E-state index in [0.29, 0.717) is 23.9 Å². The molecule has 4 aliphatic rings. The van der Waals surface area contributed by atoms with Gasteiger partial charge in [0, 0.05) is 65.6 Å². The lowest BCUT2D eigenvalue weighted by molar-refractivity contribution is 0.107. The first kappa shape index (κ1) is 38.5. The van der Waals surface area contributed by atoms with Crippen LogP contribution in [0, 0.1) is 11.8 Å². The van der Waals surface area contributed by atoms with Gasteiger partial charge in [0.15, 0.2) is 10.3 Å². The number of rotatable bonds is 12. The molecular formula is C49H54N6O2S2. The van der Waals surface area contributed by atoms with Crippen molar-refractivity contribution in [1.82, 2.24) is 19.8 Å². The van der Waals surface area contributed by atoms with Crippen molar-refractivity contribution in [3.63, 3.8) is 0 Å². The minimum absolute atomic E-state index is 0.476. The Balaban J connectivity index is 0.865. The molecule has 2 N–H and O–H groups in total. The predicted molar refractivity (Wildman–Crippen MR) is 242 cm³/mol. The van der Waals surface area contributed by atoms with Gasteiger partial charge in [-0.05, 0) is 110 Å². The van der Waals surface area contributed by atoms with Crippen LogP contribution in [0.25, 0.3) is 22.5 Å². The first-order chi connectivity index (χ1) is 29.1. The number of thiazole rings is 2. The fraction of sp³-hybridized carbons (Fsp3) is 0.388. The lowest BCUT2D eigenvalue weighted by Gasteiger charge is -2.43. The van der Waals surface area contributed by atoms with Crippen LogP contribution in [0.3, 0.4) is 0 Å². The second-order valence-corrected chi connectivity index (χ2v) is 18.9. The SMILES string of the molecule is COc1ccc2c(c1)CCN1CC[C@H](CNc3nc(-c4ccccc4)c(Cc4sc(NC[C@@H]5CCN6CCc7cc(OC)ccc7[C@@H]6C5)nc4-c4ccccc4)s3)C[C@H]21. The van der Waals surface area contributed by atoms with E-state index in [1.54, 1.807) is 14.2 Å². The van der Waals surface area contributed by atoms with E-state index < -0.39 is 0 Å². The van der Waals surface area contributed by atoms with E-state index in [0.717, 1.165) is 116 Å². The van der Waals surface area contributed by atoms with Crippen molar-refractivity contribution >= 4 is 32.9 Å². The Hall–Kier alpha value is -4.74. The molecule has 4 aromatic carbocycles. The number of benzene rings is 4. The van der Waals surface area contributed by atoms with Gasteiger partial charge in [-0.3, -0.25) is 9.80 Å². The summed E-state index contributed by atoms with van der Waals surface area (Å²) in [6.45, 7) is 6.42. The third-order valence-electron chi connectivity index (χ3n) is 13.3. The number of fused-ring (bicyclic) bond motifs is 6. The van der Waals surface area contributed by atoms with Gasteiger partial charge in [0.25, 0.3) is 0 Å². The van der Waals surface area contributed by atoms with Crippen molar-refractivity contribution < 1.29 is 9.47 Å². The summed E-state index contributed by atoms with van der Waals surface area (Å²) in [7, 11) is 3.53. The van der Waals surface area contributed by atoms with Crippen molar-refractivity contribution in [3.8, 4) is 34.0 Å². The Kier molecular flexibility index (Phi) is 11.1. The number of methoxy groups -OCH3 is 2. The standard InChI is InChI=1S/C49H54N6O2S2/c1-56-38-13-15-40-36(27-38)19-23-54-21-17-32(25-42(40)54)30-50-48-52-46(34-9-5-3-6-10-34)44(58-48)29-45-47(35-11-7-4-8-12-35)53-49(59-45)51-31-33-18-22-55-24-20-37-28-39(57-2)14-16-41(37)43(55)26-33/h3-16,27-28,32-33,42-43H,17-26,29-31H2,1-2H3,(H,50,52)(H,51,53)/t32-,33+,42+,43-. The fourth-order valence-corrected chi connectivity index (χ4v) is 12.2. The lowest BCUT2D eigenvalue weighted by Crippen LogP contribution is -2.42. The summed E-state index contributed by atoms with van der Waals surface area (Å²) in [6.07, 6.45) is 7.73. The number of aromatic nitrogens is 2. The summed E-state index contributed by atoms with van der Waals surface area (Å²) in [4.78, 5) is 18.5. The van der Waals surface area contributed by atoms with Crippen LogP contribution >= 0.6 is 22.7 Å². The van der Waals surface area contributed by atoms with Crippen LogP contribution < -0.4 is 20.1 Å². The summed E-state index contributed by atoms with van der Waals surface area (Å²) in [6, 6.07) is 35.8. The van der Waals surface area contributed by atoms with Gasteiger partial charge < -0.3 is 20.1 Å². The topological polar surface area (TPSA) is 74.8 Å². The Morgan fingerprint density at radius 3 is 1.49 bits per heavy atom. The van der Waals surface area contributed by atoms with Crippen LogP contribution in [0.4, 0.5) is 10.3 Å². The summed E-state index contributed by atoms with van der Waals surface area (Å²) in [5.41, 5.74) is 10.3. The normalized spacial score (nSPS) is 21.5. The highest BCUT2D eigenvalue weighted by Crippen LogP contribution is 2.43. The maximum absolute atomic E-state index is 5.56. The van der Waals surface area contributed by atoms with Gasteiger partial charge in [-0.25, -0.2) is 9.97 Å². The summed E-state index contributed by atoms with van der Waals surface area (Å²) in [5.74, 6) is 3.09. The molecule has 0 spiro atoms. The van der Waals surface area contributed by atoms with Gasteiger partial charge in [-0.15, -0.1) is 22.7 Å². The molecule has 0 saturated carbocycles. The molecule has 6 heterocycles. The van der Waals surface area contributed by atoms with Gasteiger partial charge in [0.1, 0.15) is 11.5 Å². The number of anilines is 2. The summed E-state index contributed by atoms with van der Waals surface area (Å²) < 4.78 is 11.1. The predicted octanol–water partition coefficient (Wildman–Crippen LogP) is 10.4. The van der Waals surface area contributed by atoms with Crippen LogP contribution in [0.1, 0.15) is 69.8 Å². The second kappa shape index (κ2) is 17.1. The molecule has 304 valence electrons. The van der Waals surface area contributed by atoms with Gasteiger partial charge in [0.05, 0.1) is 25.6 Å². The van der Waals surface area contributed by atoms with Gasteiger partial charge in [-0.1, -0.05) is 72.8 Å². The second-order valence-electron chi connectivity index (χ2n) is 16.8. The highest BCUT2D eigenvalue weighted by atomic mass is 32.1. The molecule has 8 nitrogen and oxygen atoms in total. The molecule has 10 rings (SSSR count). The number of nitrogens with zero attached hydrogens (tertiary/aromatic N) is 4. The van der Waals surface area contributed by atoms with E-state index in [4.69, 9.17) is 19.4 Å². The number of ether oxygens (including phenoxy) is 2. The van der Waals surface area contributed by atoms with E-state index in [1.807, 2.05) is 22.7 Å². The molecule has 2 saturated heterocycles. The molecule has 0 radical (unpaired) electrons. The Morgan fingerprint density at radius 1 is 0.593 bits per heavy atom. The lowest BCUT2D eigenvalue weighted by atomic mass is 9.82. The van der Waals surface area contributed by atoms with E-state index in [9.17, 15) is 0 Å². The van der Waals surface area contributed by atoms with Crippen LogP contribution in [0.15, 0.2) is 97.1 Å². The summed E-state index contributed by atoms with van der Waals surface area (Å²) in [5, 5.41) is 9.70. The molecule has 6 aromatic rings. The molecule has 2 aromatic heterocycles.